The van der Waals surface area contributed by atoms with Crippen molar-refractivity contribution < 1.29 is 4.74 Å². The monoisotopic (exact) mass is 219 g/mol. The predicted octanol–water partition coefficient (Wildman–Crippen LogP) is 3.39. The third-order valence-electron chi connectivity index (χ3n) is 2.32. The maximum Gasteiger partial charge on any atom is 0.0639 e. The van der Waals surface area contributed by atoms with Gasteiger partial charge < -0.3 is 10.1 Å². The molecule has 0 aliphatic carbocycles. The van der Waals surface area contributed by atoms with Crippen molar-refractivity contribution in [1.82, 2.24) is 0 Å². The lowest BCUT2D eigenvalue weighted by Crippen LogP contribution is -2.09. The molecule has 0 aliphatic rings. The van der Waals surface area contributed by atoms with Gasteiger partial charge in [-0.25, -0.2) is 0 Å². The standard InChI is InChI=1S/C14H21NO/c1-3-4-5-11-16-12-10-15-14-8-6-13(2)7-9-14/h3,6-9,15H,1,4-5,10-12H2,2H3. The molecule has 0 unspecified atom stereocenters. The summed E-state index contributed by atoms with van der Waals surface area (Å²) in [6.07, 6.45) is 4.02. The number of aryl methyl sites for hydroxylation is 1. The van der Waals surface area contributed by atoms with Crippen LogP contribution in [0.25, 0.3) is 0 Å². The molecule has 16 heavy (non-hydrogen) atoms. The second-order valence-corrected chi connectivity index (χ2v) is 3.84. The summed E-state index contributed by atoms with van der Waals surface area (Å²) in [6.45, 7) is 8.20. The third-order valence-corrected chi connectivity index (χ3v) is 2.32. The minimum absolute atomic E-state index is 0.755. The topological polar surface area (TPSA) is 21.3 Å². The van der Waals surface area contributed by atoms with Gasteiger partial charge in [0.2, 0.25) is 0 Å². The van der Waals surface area contributed by atoms with Crippen molar-refractivity contribution in [3.8, 4) is 0 Å². The fourth-order valence-corrected chi connectivity index (χ4v) is 1.37. The van der Waals surface area contributed by atoms with Crippen LogP contribution in [0.2, 0.25) is 0 Å². The zero-order valence-electron chi connectivity index (χ0n) is 10.0. The highest BCUT2D eigenvalue weighted by atomic mass is 16.5. The van der Waals surface area contributed by atoms with Crippen LogP contribution in [-0.2, 0) is 4.74 Å². The first kappa shape index (κ1) is 12.8. The molecule has 88 valence electrons. The van der Waals surface area contributed by atoms with E-state index in [4.69, 9.17) is 4.74 Å². The summed E-state index contributed by atoms with van der Waals surface area (Å²) in [7, 11) is 0. The van der Waals surface area contributed by atoms with Crippen molar-refractivity contribution in [2.75, 3.05) is 25.1 Å². The van der Waals surface area contributed by atoms with Crippen LogP contribution in [0, 0.1) is 6.92 Å². The van der Waals surface area contributed by atoms with Crippen molar-refractivity contribution in [3.05, 3.63) is 42.5 Å². The van der Waals surface area contributed by atoms with E-state index in [0.717, 1.165) is 38.3 Å². The van der Waals surface area contributed by atoms with Crippen LogP contribution < -0.4 is 5.32 Å². The second kappa shape index (κ2) is 7.94. The van der Waals surface area contributed by atoms with E-state index < -0.39 is 0 Å². The number of hydrogen-bond acceptors (Lipinski definition) is 2. The van der Waals surface area contributed by atoms with Gasteiger partial charge in [-0.3, -0.25) is 0 Å². The molecule has 1 N–H and O–H groups in total. The Bertz CT molecular complexity index is 292. The van der Waals surface area contributed by atoms with Gasteiger partial charge in [-0.05, 0) is 31.9 Å². The molecule has 2 nitrogen and oxygen atoms in total. The first-order chi connectivity index (χ1) is 7.83. The lowest BCUT2D eigenvalue weighted by molar-refractivity contribution is 0.142. The molecular formula is C14H21NO. The van der Waals surface area contributed by atoms with Crippen LogP contribution in [0.5, 0.6) is 0 Å². The van der Waals surface area contributed by atoms with E-state index in [2.05, 4.69) is 43.1 Å². The van der Waals surface area contributed by atoms with Gasteiger partial charge in [0, 0.05) is 18.8 Å². The van der Waals surface area contributed by atoms with E-state index in [1.165, 1.54) is 5.56 Å². The SMILES string of the molecule is C=CCCCOCCNc1ccc(C)cc1. The van der Waals surface area contributed by atoms with Crippen molar-refractivity contribution in [1.29, 1.82) is 0 Å². The Hall–Kier alpha value is -1.28. The predicted molar refractivity (Wildman–Crippen MR) is 69.9 cm³/mol. The van der Waals surface area contributed by atoms with E-state index in [0.29, 0.717) is 0 Å². The third kappa shape index (κ3) is 5.56. The van der Waals surface area contributed by atoms with Gasteiger partial charge in [-0.2, -0.15) is 0 Å². The number of nitrogens with one attached hydrogen (secondary N) is 1. The first-order valence-electron chi connectivity index (χ1n) is 5.82. The van der Waals surface area contributed by atoms with Crippen molar-refractivity contribution >= 4 is 5.69 Å². The molecule has 0 saturated heterocycles. The molecule has 0 bridgehead atoms. The summed E-state index contributed by atoms with van der Waals surface area (Å²) in [4.78, 5) is 0. The molecule has 1 aromatic carbocycles. The minimum Gasteiger partial charge on any atom is -0.383 e. The van der Waals surface area contributed by atoms with Crippen molar-refractivity contribution in [3.63, 3.8) is 0 Å². The zero-order chi connectivity index (χ0) is 11.6. The summed E-state index contributed by atoms with van der Waals surface area (Å²) < 4.78 is 5.47. The quantitative estimate of drug-likeness (QED) is 0.534. The normalized spacial score (nSPS) is 10.1. The number of ether oxygens (including phenoxy) is 1. The van der Waals surface area contributed by atoms with Crippen LogP contribution in [0.1, 0.15) is 18.4 Å². The van der Waals surface area contributed by atoms with Crippen LogP contribution in [-0.4, -0.2) is 19.8 Å². The summed E-state index contributed by atoms with van der Waals surface area (Å²) in [6, 6.07) is 8.39. The van der Waals surface area contributed by atoms with E-state index in [9.17, 15) is 0 Å². The molecule has 0 aliphatic heterocycles. The van der Waals surface area contributed by atoms with Crippen LogP contribution >= 0.6 is 0 Å². The van der Waals surface area contributed by atoms with Gasteiger partial charge >= 0.3 is 0 Å². The molecule has 2 heteroatoms. The molecule has 0 spiro atoms. The number of rotatable bonds is 8. The highest BCUT2D eigenvalue weighted by Gasteiger charge is 1.91. The lowest BCUT2D eigenvalue weighted by Gasteiger charge is -2.07. The number of unbranched alkanes of at least 4 members (excludes halogenated alkanes) is 1. The number of allylic oxidation sites excluding steroid dienone is 1. The van der Waals surface area contributed by atoms with Crippen molar-refractivity contribution in [2.24, 2.45) is 0 Å². The van der Waals surface area contributed by atoms with E-state index in [-0.39, 0.29) is 0 Å². The van der Waals surface area contributed by atoms with Crippen LogP contribution in [0.3, 0.4) is 0 Å². The molecular weight excluding hydrogens is 198 g/mol. The molecule has 0 atom stereocenters. The van der Waals surface area contributed by atoms with E-state index in [1.54, 1.807) is 0 Å². The maximum absolute atomic E-state index is 5.47. The molecule has 0 saturated carbocycles. The van der Waals surface area contributed by atoms with E-state index >= 15 is 0 Å². The lowest BCUT2D eigenvalue weighted by atomic mass is 10.2. The summed E-state index contributed by atoms with van der Waals surface area (Å²) in [5.41, 5.74) is 2.44. The highest BCUT2D eigenvalue weighted by molar-refractivity contribution is 5.44. The Morgan fingerprint density at radius 1 is 1.25 bits per heavy atom. The average molecular weight is 219 g/mol. The van der Waals surface area contributed by atoms with Gasteiger partial charge in [0.1, 0.15) is 0 Å². The highest BCUT2D eigenvalue weighted by Crippen LogP contribution is 2.07. The van der Waals surface area contributed by atoms with E-state index in [1.807, 2.05) is 6.08 Å². The Balaban J connectivity index is 2.02. The molecule has 0 fully saturated rings. The Morgan fingerprint density at radius 2 is 2.00 bits per heavy atom. The fourth-order valence-electron chi connectivity index (χ4n) is 1.37. The number of benzene rings is 1. The molecule has 0 aromatic heterocycles. The van der Waals surface area contributed by atoms with Crippen LogP contribution in [0.15, 0.2) is 36.9 Å². The number of hydrogen-bond donors (Lipinski definition) is 1. The van der Waals surface area contributed by atoms with Gasteiger partial charge in [-0.1, -0.05) is 23.8 Å². The summed E-state index contributed by atoms with van der Waals surface area (Å²) in [5, 5.41) is 3.32. The zero-order valence-corrected chi connectivity index (χ0v) is 10.0. The Labute approximate surface area is 98.3 Å². The first-order valence-corrected chi connectivity index (χ1v) is 5.82. The Kier molecular flexibility index (Phi) is 6.35. The molecule has 0 radical (unpaired) electrons. The molecule has 1 aromatic rings. The molecule has 0 amide bonds. The van der Waals surface area contributed by atoms with Gasteiger partial charge in [0.05, 0.1) is 6.61 Å². The summed E-state index contributed by atoms with van der Waals surface area (Å²) >= 11 is 0. The van der Waals surface area contributed by atoms with Gasteiger partial charge in [-0.15, -0.1) is 6.58 Å². The smallest absolute Gasteiger partial charge is 0.0639 e. The second-order valence-electron chi connectivity index (χ2n) is 3.84. The molecule has 0 heterocycles. The Morgan fingerprint density at radius 3 is 2.69 bits per heavy atom. The largest absolute Gasteiger partial charge is 0.383 e. The fraction of sp³-hybridized carbons (Fsp3) is 0.429. The van der Waals surface area contributed by atoms with Gasteiger partial charge in [0.25, 0.3) is 0 Å². The van der Waals surface area contributed by atoms with Crippen molar-refractivity contribution in [2.45, 2.75) is 19.8 Å². The average Bonchev–Trinajstić information content (AvgIpc) is 2.30. The maximum atomic E-state index is 5.47. The van der Waals surface area contributed by atoms with Gasteiger partial charge in [0.15, 0.2) is 0 Å². The molecule has 1 rings (SSSR count). The number of anilines is 1. The minimum atomic E-state index is 0.755. The van der Waals surface area contributed by atoms with Crippen LogP contribution in [0.4, 0.5) is 5.69 Å². The summed E-state index contributed by atoms with van der Waals surface area (Å²) in [5.74, 6) is 0.